The summed E-state index contributed by atoms with van der Waals surface area (Å²) in [6.45, 7) is 1.52. The van der Waals surface area contributed by atoms with Crippen LogP contribution >= 0.6 is 11.8 Å². The number of aliphatic hydroxyl groups excluding tert-OH is 1. The van der Waals surface area contributed by atoms with Gasteiger partial charge < -0.3 is 48.3 Å². The van der Waals surface area contributed by atoms with E-state index in [0.717, 1.165) is 0 Å². The third kappa shape index (κ3) is 11.9. The number of aliphatic hydroxyl groups is 1. The van der Waals surface area contributed by atoms with Crippen molar-refractivity contribution < 1.29 is 29.4 Å². The molecule has 1 rings (SSSR count). The molecule has 16 heteroatoms. The zero-order valence-electron chi connectivity index (χ0n) is 20.8. The van der Waals surface area contributed by atoms with Crippen molar-refractivity contribution in [3.63, 3.8) is 0 Å². The van der Waals surface area contributed by atoms with Gasteiger partial charge in [0.05, 0.1) is 18.5 Å². The van der Waals surface area contributed by atoms with Crippen LogP contribution in [0.2, 0.25) is 0 Å². The number of imidazole rings is 1. The van der Waals surface area contributed by atoms with Crippen LogP contribution in [0, 0.1) is 0 Å². The van der Waals surface area contributed by atoms with Gasteiger partial charge in [-0.25, -0.2) is 9.78 Å². The van der Waals surface area contributed by atoms with Crippen molar-refractivity contribution in [1.29, 1.82) is 0 Å². The number of thioether (sulfide) groups is 1. The highest BCUT2D eigenvalue weighted by atomic mass is 32.2. The molecule has 12 N–H and O–H groups in total. The monoisotopic (exact) mass is 543 g/mol. The Labute approximate surface area is 218 Å². The molecular formula is C21H37N9O6S. The van der Waals surface area contributed by atoms with Gasteiger partial charge in [0, 0.05) is 24.9 Å². The molecule has 1 aromatic heterocycles. The number of aromatic amines is 1. The number of amides is 3. The third-order valence-corrected chi connectivity index (χ3v) is 5.85. The molecule has 15 nitrogen and oxygen atoms in total. The van der Waals surface area contributed by atoms with Crippen LogP contribution < -0.4 is 33.2 Å². The van der Waals surface area contributed by atoms with Crippen LogP contribution in [-0.2, 0) is 25.6 Å². The lowest BCUT2D eigenvalue weighted by atomic mass is 10.1. The molecule has 0 aliphatic rings. The number of carboxylic acid groups (broad SMARTS) is 1. The number of nitrogens with two attached hydrogens (primary N) is 3. The van der Waals surface area contributed by atoms with Gasteiger partial charge in [-0.05, 0) is 38.2 Å². The minimum absolute atomic E-state index is 0.0284. The van der Waals surface area contributed by atoms with E-state index in [-0.39, 0.29) is 31.8 Å². The Balaban J connectivity index is 2.97. The lowest BCUT2D eigenvalue weighted by Gasteiger charge is -2.25. The predicted molar refractivity (Wildman–Crippen MR) is 138 cm³/mol. The van der Waals surface area contributed by atoms with E-state index in [1.165, 1.54) is 31.2 Å². The maximum Gasteiger partial charge on any atom is 0.328 e. The summed E-state index contributed by atoms with van der Waals surface area (Å²) < 4.78 is 0. The minimum atomic E-state index is -1.56. The molecule has 5 atom stereocenters. The van der Waals surface area contributed by atoms with Gasteiger partial charge in [-0.2, -0.15) is 11.8 Å². The van der Waals surface area contributed by atoms with Crippen LogP contribution in [0.4, 0.5) is 0 Å². The first-order valence-corrected chi connectivity index (χ1v) is 12.9. The van der Waals surface area contributed by atoms with Crippen LogP contribution in [0.3, 0.4) is 0 Å². The van der Waals surface area contributed by atoms with Gasteiger partial charge in [0.15, 0.2) is 12.0 Å². The molecule has 37 heavy (non-hydrogen) atoms. The van der Waals surface area contributed by atoms with E-state index in [1.807, 2.05) is 6.26 Å². The number of hydrogen-bond donors (Lipinski definition) is 9. The first kappa shape index (κ1) is 31.7. The summed E-state index contributed by atoms with van der Waals surface area (Å²) in [5.74, 6) is -3.06. The molecule has 0 saturated carbocycles. The molecule has 0 aliphatic heterocycles. The Bertz CT molecular complexity index is 908. The number of aliphatic carboxylic acids is 1. The molecule has 0 aromatic carbocycles. The average molecular weight is 544 g/mol. The maximum atomic E-state index is 13.2. The SMILES string of the molecule is CSCCC(NC(=O)C(Cc1cnc[nH]1)NC(=O)C(N)CCCN=C(N)N)C(=O)NC(C(=O)O)C(C)O. The van der Waals surface area contributed by atoms with E-state index in [0.29, 0.717) is 17.9 Å². The molecule has 0 spiro atoms. The van der Waals surface area contributed by atoms with Gasteiger partial charge in [0.1, 0.15) is 12.1 Å². The number of carbonyl (C=O) groups excluding carboxylic acids is 3. The second kappa shape index (κ2) is 16.4. The minimum Gasteiger partial charge on any atom is -0.480 e. The summed E-state index contributed by atoms with van der Waals surface area (Å²) in [4.78, 5) is 60.7. The number of rotatable bonds is 17. The molecule has 1 heterocycles. The van der Waals surface area contributed by atoms with E-state index in [2.05, 4.69) is 30.9 Å². The van der Waals surface area contributed by atoms with Gasteiger partial charge in [0.25, 0.3) is 0 Å². The Morgan fingerprint density at radius 3 is 2.30 bits per heavy atom. The summed E-state index contributed by atoms with van der Waals surface area (Å²) in [7, 11) is 0. The molecule has 0 saturated heterocycles. The molecule has 208 valence electrons. The van der Waals surface area contributed by atoms with Crippen molar-refractivity contribution in [2.45, 2.75) is 62.9 Å². The van der Waals surface area contributed by atoms with Crippen molar-refractivity contribution in [2.75, 3.05) is 18.6 Å². The fraction of sp³-hybridized carbons (Fsp3) is 0.619. The predicted octanol–water partition coefficient (Wildman–Crippen LogP) is -2.99. The maximum absolute atomic E-state index is 13.2. The third-order valence-electron chi connectivity index (χ3n) is 5.21. The highest BCUT2D eigenvalue weighted by molar-refractivity contribution is 7.98. The topological polar surface area (TPSA) is 264 Å². The fourth-order valence-corrected chi connectivity index (χ4v) is 3.65. The van der Waals surface area contributed by atoms with Crippen LogP contribution in [0.25, 0.3) is 0 Å². The van der Waals surface area contributed by atoms with Crippen LogP contribution in [0.5, 0.6) is 0 Å². The van der Waals surface area contributed by atoms with Crippen molar-refractivity contribution in [3.05, 3.63) is 18.2 Å². The number of carboxylic acids is 1. The van der Waals surface area contributed by atoms with Gasteiger partial charge in [-0.1, -0.05) is 0 Å². The Morgan fingerprint density at radius 1 is 1.11 bits per heavy atom. The average Bonchev–Trinajstić information content (AvgIpc) is 3.34. The summed E-state index contributed by atoms with van der Waals surface area (Å²) >= 11 is 1.42. The summed E-state index contributed by atoms with van der Waals surface area (Å²) in [6.07, 6.45) is 4.25. The lowest BCUT2D eigenvalue weighted by molar-refractivity contribution is -0.145. The van der Waals surface area contributed by atoms with Crippen LogP contribution in [0.1, 0.15) is 31.9 Å². The molecule has 5 unspecified atom stereocenters. The number of aliphatic imine (C=N–C) groups is 1. The van der Waals surface area contributed by atoms with Crippen molar-refractivity contribution in [1.82, 2.24) is 25.9 Å². The van der Waals surface area contributed by atoms with Crippen LogP contribution in [0.15, 0.2) is 17.5 Å². The van der Waals surface area contributed by atoms with E-state index >= 15 is 0 Å². The van der Waals surface area contributed by atoms with Crippen molar-refractivity contribution in [2.24, 2.45) is 22.2 Å². The number of H-pyrrole nitrogens is 1. The molecule has 0 fully saturated rings. The van der Waals surface area contributed by atoms with Gasteiger partial charge in [-0.15, -0.1) is 0 Å². The fourth-order valence-electron chi connectivity index (χ4n) is 3.17. The molecular weight excluding hydrogens is 506 g/mol. The number of hydrogen-bond acceptors (Lipinski definition) is 9. The smallest absolute Gasteiger partial charge is 0.328 e. The van der Waals surface area contributed by atoms with Gasteiger partial charge in [0.2, 0.25) is 17.7 Å². The van der Waals surface area contributed by atoms with Crippen LogP contribution in [-0.4, -0.2) is 98.7 Å². The standard InChI is InChI=1S/C21H37N9O6S/c1-11(31)16(20(35)36)30-18(33)14(5-7-37-2)28-19(34)15(8-12-9-25-10-27-12)29-17(32)13(22)4-3-6-26-21(23)24/h9-11,13-16,31H,3-8,22H2,1-2H3,(H,25,27)(H,28,34)(H,29,32)(H,30,33)(H,35,36)(H4,23,24,26). The van der Waals surface area contributed by atoms with Gasteiger partial charge in [-0.3, -0.25) is 19.4 Å². The van der Waals surface area contributed by atoms with Crippen molar-refractivity contribution >= 4 is 41.4 Å². The molecule has 0 radical (unpaired) electrons. The number of nitrogens with one attached hydrogen (secondary N) is 4. The van der Waals surface area contributed by atoms with Crippen molar-refractivity contribution in [3.8, 4) is 0 Å². The zero-order valence-corrected chi connectivity index (χ0v) is 21.7. The van der Waals surface area contributed by atoms with E-state index < -0.39 is 54.0 Å². The second-order valence-corrected chi connectivity index (χ2v) is 9.29. The Morgan fingerprint density at radius 2 is 1.76 bits per heavy atom. The number of aromatic nitrogens is 2. The van der Waals surface area contributed by atoms with E-state index in [9.17, 15) is 29.4 Å². The highest BCUT2D eigenvalue weighted by Crippen LogP contribution is 2.06. The molecule has 0 bridgehead atoms. The lowest BCUT2D eigenvalue weighted by Crippen LogP contribution is -2.58. The highest BCUT2D eigenvalue weighted by Gasteiger charge is 2.32. The molecule has 0 aliphatic carbocycles. The second-order valence-electron chi connectivity index (χ2n) is 8.31. The number of carbonyl (C=O) groups is 4. The molecule has 3 amide bonds. The Hall–Kier alpha value is -3.37. The largest absolute Gasteiger partial charge is 0.480 e. The number of guanidine groups is 1. The molecule has 1 aromatic rings. The first-order chi connectivity index (χ1) is 17.5. The normalized spacial score (nSPS) is 14.9. The summed E-state index contributed by atoms with van der Waals surface area (Å²) in [6, 6.07) is -4.73. The van der Waals surface area contributed by atoms with E-state index in [4.69, 9.17) is 17.2 Å². The quantitative estimate of drug-likeness (QED) is 0.0543. The summed E-state index contributed by atoms with van der Waals surface area (Å²) in [5.41, 5.74) is 17.1. The van der Waals surface area contributed by atoms with Gasteiger partial charge >= 0.3 is 5.97 Å². The Kier molecular flexibility index (Phi) is 14.0. The number of nitrogens with zero attached hydrogens (tertiary/aromatic N) is 2. The zero-order chi connectivity index (χ0) is 28.0. The first-order valence-electron chi connectivity index (χ1n) is 11.5. The summed E-state index contributed by atoms with van der Waals surface area (Å²) in [5, 5.41) is 26.4. The van der Waals surface area contributed by atoms with E-state index in [1.54, 1.807) is 0 Å².